The van der Waals surface area contributed by atoms with Crippen LogP contribution in [0, 0.1) is 13.8 Å². The van der Waals surface area contributed by atoms with Crippen LogP contribution in [0.25, 0.3) is 0 Å². The number of hydrogen-bond acceptors (Lipinski definition) is 8. The fourth-order valence-corrected chi connectivity index (χ4v) is 5.21. The van der Waals surface area contributed by atoms with Crippen LogP contribution in [0.5, 0.6) is 23.0 Å². The van der Waals surface area contributed by atoms with E-state index in [0.717, 1.165) is 15.4 Å². The Morgan fingerprint density at radius 2 is 1.47 bits per heavy atom. The molecular formula is C27H31N3O7S. The van der Waals surface area contributed by atoms with E-state index in [1.165, 1.54) is 52.9 Å². The molecule has 0 aliphatic carbocycles. The lowest BCUT2D eigenvalue weighted by Gasteiger charge is -2.25. The second kappa shape index (κ2) is 12.3. The predicted molar refractivity (Wildman–Crippen MR) is 145 cm³/mol. The number of ether oxygens (including phenoxy) is 4. The molecule has 11 heteroatoms. The molecule has 38 heavy (non-hydrogen) atoms. The largest absolute Gasteiger partial charge is 0.497 e. The maximum atomic E-state index is 13.8. The summed E-state index contributed by atoms with van der Waals surface area (Å²) in [5.74, 6) is 1.09. The van der Waals surface area contributed by atoms with Crippen LogP contribution in [0.15, 0.2) is 64.6 Å². The SMILES string of the molecule is COc1ccc(OC)c(/C=N/NC(=O)CN(c2cc(C)cc(C)c2)S(=O)(=O)c2ccc(OC)c(OC)c2)c1. The number of nitrogens with one attached hydrogen (secondary N) is 1. The molecule has 0 saturated carbocycles. The zero-order valence-corrected chi connectivity index (χ0v) is 23.0. The van der Waals surface area contributed by atoms with Gasteiger partial charge in [-0.15, -0.1) is 0 Å². The highest BCUT2D eigenvalue weighted by atomic mass is 32.2. The van der Waals surface area contributed by atoms with Crippen molar-refractivity contribution in [1.29, 1.82) is 0 Å². The maximum Gasteiger partial charge on any atom is 0.264 e. The molecular weight excluding hydrogens is 510 g/mol. The summed E-state index contributed by atoms with van der Waals surface area (Å²) >= 11 is 0. The molecule has 0 aliphatic heterocycles. The maximum absolute atomic E-state index is 13.8. The van der Waals surface area contributed by atoms with Gasteiger partial charge in [-0.05, 0) is 67.4 Å². The number of anilines is 1. The molecule has 0 radical (unpaired) electrons. The van der Waals surface area contributed by atoms with Crippen molar-refractivity contribution in [3.8, 4) is 23.0 Å². The van der Waals surface area contributed by atoms with Gasteiger partial charge >= 0.3 is 0 Å². The Balaban J connectivity index is 1.94. The Kier molecular flexibility index (Phi) is 9.19. The first kappa shape index (κ1) is 28.3. The summed E-state index contributed by atoms with van der Waals surface area (Å²) in [5.41, 5.74) is 4.99. The van der Waals surface area contributed by atoms with Gasteiger partial charge in [0.2, 0.25) is 0 Å². The minimum Gasteiger partial charge on any atom is -0.497 e. The number of benzene rings is 3. The van der Waals surface area contributed by atoms with E-state index in [4.69, 9.17) is 18.9 Å². The second-order valence-corrected chi connectivity index (χ2v) is 10.1. The molecule has 3 aromatic carbocycles. The number of amides is 1. The lowest BCUT2D eigenvalue weighted by Crippen LogP contribution is -2.39. The molecule has 3 aromatic rings. The summed E-state index contributed by atoms with van der Waals surface area (Å²) < 4.78 is 49.6. The van der Waals surface area contributed by atoms with E-state index in [-0.39, 0.29) is 10.6 Å². The topological polar surface area (TPSA) is 116 Å². The third-order valence-electron chi connectivity index (χ3n) is 5.55. The molecule has 0 saturated heterocycles. The third-order valence-corrected chi connectivity index (χ3v) is 7.32. The van der Waals surface area contributed by atoms with Gasteiger partial charge in [-0.1, -0.05) is 6.07 Å². The number of sulfonamides is 1. The van der Waals surface area contributed by atoms with Crippen LogP contribution in [0.2, 0.25) is 0 Å². The summed E-state index contributed by atoms with van der Waals surface area (Å²) in [6.07, 6.45) is 1.39. The van der Waals surface area contributed by atoms with Crippen molar-refractivity contribution in [3.05, 3.63) is 71.3 Å². The molecule has 3 rings (SSSR count). The first-order valence-corrected chi connectivity index (χ1v) is 12.9. The Hall–Kier alpha value is -4.25. The van der Waals surface area contributed by atoms with E-state index in [1.807, 2.05) is 19.9 Å². The molecule has 202 valence electrons. The number of hydrogen-bond donors (Lipinski definition) is 1. The van der Waals surface area contributed by atoms with Gasteiger partial charge in [0.1, 0.15) is 18.0 Å². The van der Waals surface area contributed by atoms with Crippen molar-refractivity contribution in [2.75, 3.05) is 39.3 Å². The zero-order chi connectivity index (χ0) is 27.9. The first-order valence-electron chi connectivity index (χ1n) is 11.5. The summed E-state index contributed by atoms with van der Waals surface area (Å²) in [6.45, 7) is 3.18. The van der Waals surface area contributed by atoms with Crippen LogP contribution in [0.3, 0.4) is 0 Å². The van der Waals surface area contributed by atoms with Crippen molar-refractivity contribution in [3.63, 3.8) is 0 Å². The van der Waals surface area contributed by atoms with Gasteiger partial charge in [0, 0.05) is 11.6 Å². The average molecular weight is 542 g/mol. The molecule has 10 nitrogen and oxygen atoms in total. The lowest BCUT2D eigenvalue weighted by atomic mass is 10.1. The predicted octanol–water partition coefficient (Wildman–Crippen LogP) is 3.68. The number of carbonyl (C=O) groups is 1. The van der Waals surface area contributed by atoms with Gasteiger partial charge in [0.15, 0.2) is 11.5 Å². The molecule has 1 N–H and O–H groups in total. The Bertz CT molecular complexity index is 1420. The third kappa shape index (κ3) is 6.54. The van der Waals surface area contributed by atoms with Crippen LogP contribution in [0.4, 0.5) is 5.69 Å². The van der Waals surface area contributed by atoms with Gasteiger partial charge in [0.25, 0.3) is 15.9 Å². The first-order chi connectivity index (χ1) is 18.1. The molecule has 0 aliphatic rings. The minimum absolute atomic E-state index is 0.0632. The molecule has 0 unspecified atom stereocenters. The van der Waals surface area contributed by atoms with Crippen LogP contribution >= 0.6 is 0 Å². The highest BCUT2D eigenvalue weighted by Crippen LogP contribution is 2.32. The standard InChI is InChI=1S/C27H31N3O7S/c1-18-11-19(2)13-21(12-18)30(38(32,33)23-8-10-25(36-5)26(15-23)37-6)17-27(31)29-28-16-20-14-22(34-3)7-9-24(20)35-4/h7-16H,17H2,1-6H3,(H,29,31)/b28-16+. The van der Waals surface area contributed by atoms with E-state index in [9.17, 15) is 13.2 Å². The van der Waals surface area contributed by atoms with E-state index in [2.05, 4.69) is 10.5 Å². The quantitative estimate of drug-likeness (QED) is 0.291. The van der Waals surface area contributed by atoms with Crippen LogP contribution < -0.4 is 28.7 Å². The van der Waals surface area contributed by atoms with Crippen LogP contribution in [0.1, 0.15) is 16.7 Å². The number of carbonyl (C=O) groups excluding carboxylic acids is 1. The smallest absolute Gasteiger partial charge is 0.264 e. The van der Waals surface area contributed by atoms with E-state index in [0.29, 0.717) is 28.5 Å². The van der Waals surface area contributed by atoms with Gasteiger partial charge in [-0.25, -0.2) is 13.8 Å². The molecule has 0 spiro atoms. The molecule has 0 heterocycles. The number of rotatable bonds is 11. The Labute approximate surface area is 222 Å². The van der Waals surface area contributed by atoms with Crippen molar-refractivity contribution in [2.24, 2.45) is 5.10 Å². The highest BCUT2D eigenvalue weighted by Gasteiger charge is 2.28. The van der Waals surface area contributed by atoms with Crippen LogP contribution in [-0.4, -0.2) is 55.5 Å². The summed E-state index contributed by atoms with van der Waals surface area (Å²) in [4.78, 5) is 12.9. The molecule has 0 aromatic heterocycles. The Morgan fingerprint density at radius 3 is 2.08 bits per heavy atom. The minimum atomic E-state index is -4.19. The highest BCUT2D eigenvalue weighted by molar-refractivity contribution is 7.92. The van der Waals surface area contributed by atoms with Gasteiger partial charge in [-0.2, -0.15) is 5.10 Å². The molecule has 0 atom stereocenters. The van der Waals surface area contributed by atoms with Gasteiger partial charge < -0.3 is 18.9 Å². The van der Waals surface area contributed by atoms with Crippen molar-refractivity contribution < 1.29 is 32.2 Å². The van der Waals surface area contributed by atoms with Crippen LogP contribution in [-0.2, 0) is 14.8 Å². The van der Waals surface area contributed by atoms with Gasteiger partial charge in [0.05, 0.1) is 45.2 Å². The molecule has 0 fully saturated rings. The second-order valence-electron chi connectivity index (χ2n) is 8.28. The van der Waals surface area contributed by atoms with Crippen molar-refractivity contribution in [2.45, 2.75) is 18.7 Å². The fraction of sp³-hybridized carbons (Fsp3) is 0.259. The normalized spacial score (nSPS) is 11.2. The molecule has 1 amide bonds. The monoisotopic (exact) mass is 541 g/mol. The number of methoxy groups -OCH3 is 4. The zero-order valence-electron chi connectivity index (χ0n) is 22.1. The number of hydrazone groups is 1. The van der Waals surface area contributed by atoms with Gasteiger partial charge in [-0.3, -0.25) is 9.10 Å². The lowest BCUT2D eigenvalue weighted by molar-refractivity contribution is -0.119. The van der Waals surface area contributed by atoms with E-state index >= 15 is 0 Å². The van der Waals surface area contributed by atoms with E-state index in [1.54, 1.807) is 30.3 Å². The van der Waals surface area contributed by atoms with Crippen molar-refractivity contribution in [1.82, 2.24) is 5.43 Å². The Morgan fingerprint density at radius 1 is 0.842 bits per heavy atom. The van der Waals surface area contributed by atoms with E-state index < -0.39 is 22.5 Å². The number of nitrogens with zero attached hydrogens (tertiary/aromatic N) is 2. The summed E-state index contributed by atoms with van der Waals surface area (Å²) in [7, 11) is 1.73. The van der Waals surface area contributed by atoms with Crippen molar-refractivity contribution >= 4 is 27.8 Å². The average Bonchev–Trinajstić information content (AvgIpc) is 2.90. The fourth-order valence-electron chi connectivity index (χ4n) is 3.79. The molecule has 0 bridgehead atoms. The summed E-state index contributed by atoms with van der Waals surface area (Å²) in [6, 6.07) is 14.7. The number of aryl methyl sites for hydroxylation is 2. The summed E-state index contributed by atoms with van der Waals surface area (Å²) in [5, 5.41) is 3.99.